The molecule has 7 aromatic rings. The molecule has 0 N–H and O–H groups in total. The van der Waals surface area contributed by atoms with E-state index in [0.717, 1.165) is 79.2 Å². The van der Waals surface area contributed by atoms with Gasteiger partial charge in [-0.25, -0.2) is 9.55 Å². The molecule has 8 heterocycles. The summed E-state index contributed by atoms with van der Waals surface area (Å²) in [5.41, 5.74) is 8.12. The monoisotopic (exact) mass is 494 g/mol. The molecule has 11 rings (SSSR count). The van der Waals surface area contributed by atoms with Crippen molar-refractivity contribution in [1.82, 2.24) is 23.8 Å². The molecule has 0 radical (unpaired) electrons. The van der Waals surface area contributed by atoms with Crippen molar-refractivity contribution >= 4 is 44.5 Å². The molecule has 1 atom stereocenters. The van der Waals surface area contributed by atoms with Crippen LogP contribution in [0.4, 0.5) is 11.4 Å². The topological polar surface area (TPSA) is 61.9 Å². The third-order valence-electron chi connectivity index (χ3n) is 8.63. The minimum atomic E-state index is 0.250. The van der Waals surface area contributed by atoms with Gasteiger partial charge in [0.2, 0.25) is 17.0 Å². The van der Waals surface area contributed by atoms with E-state index in [1.807, 2.05) is 24.4 Å². The molecule has 0 saturated carbocycles. The summed E-state index contributed by atoms with van der Waals surface area (Å²) in [6, 6.07) is 21.0. The Kier molecular flexibility index (Phi) is 2.55. The van der Waals surface area contributed by atoms with Gasteiger partial charge >= 0.3 is 22.8 Å². The SMILES string of the molecule is Cn1c2[n+](c3ncncc31)[N+]13c4c(cccc4-2)Oc2ccc4c(c21)-n1c2c(cccc2c2ccc[n+]3c21)O4. The van der Waals surface area contributed by atoms with E-state index in [2.05, 4.69) is 79.2 Å². The predicted octanol–water partition coefficient (Wildman–Crippen LogP) is 4.71. The highest BCUT2D eigenvalue weighted by molar-refractivity contribution is 6.11. The Labute approximate surface area is 213 Å². The molecule has 0 aliphatic carbocycles. The number of imidazole rings is 1. The van der Waals surface area contributed by atoms with Crippen LogP contribution in [0.2, 0.25) is 0 Å². The van der Waals surface area contributed by atoms with Gasteiger partial charge in [0.15, 0.2) is 35.3 Å². The van der Waals surface area contributed by atoms with Crippen molar-refractivity contribution in [2.45, 2.75) is 0 Å². The van der Waals surface area contributed by atoms with Crippen LogP contribution in [0.25, 0.3) is 50.2 Å². The summed E-state index contributed by atoms with van der Waals surface area (Å²) >= 11 is 0. The fourth-order valence-electron chi connectivity index (χ4n) is 7.37. The molecule has 0 saturated heterocycles. The number of quaternary nitrogens is 1. The summed E-state index contributed by atoms with van der Waals surface area (Å²) in [6.45, 7) is 0. The molecule has 3 aromatic carbocycles. The van der Waals surface area contributed by atoms with Gasteiger partial charge < -0.3 is 9.47 Å². The number of fused-ring (bicyclic) bond motifs is 5. The molecule has 1 unspecified atom stereocenters. The van der Waals surface area contributed by atoms with Gasteiger partial charge in [0.05, 0.1) is 23.3 Å². The number of rotatable bonds is 0. The molecule has 4 aromatic heterocycles. The Balaban J connectivity index is 1.52. The van der Waals surface area contributed by atoms with Crippen LogP contribution in [-0.2, 0) is 7.05 Å². The third kappa shape index (κ3) is 1.54. The summed E-state index contributed by atoms with van der Waals surface area (Å²) in [4.78, 5) is 9.22. The van der Waals surface area contributed by atoms with Crippen LogP contribution in [0.3, 0.4) is 0 Å². The maximum Gasteiger partial charge on any atom is 0.361 e. The van der Waals surface area contributed by atoms with Gasteiger partial charge in [-0.3, -0.25) is 0 Å². The highest BCUT2D eigenvalue weighted by Gasteiger charge is 2.69. The molecule has 176 valence electrons. The Morgan fingerprint density at radius 1 is 0.842 bits per heavy atom. The molecule has 38 heavy (non-hydrogen) atoms. The van der Waals surface area contributed by atoms with Crippen LogP contribution in [0.1, 0.15) is 0 Å². The van der Waals surface area contributed by atoms with Crippen molar-refractivity contribution in [1.29, 1.82) is 0 Å². The first-order valence-corrected chi connectivity index (χ1v) is 12.5. The summed E-state index contributed by atoms with van der Waals surface area (Å²) in [6.07, 6.45) is 5.69. The van der Waals surface area contributed by atoms with Crippen molar-refractivity contribution in [2.75, 3.05) is 0 Å². The van der Waals surface area contributed by atoms with Crippen LogP contribution in [0.15, 0.2) is 79.4 Å². The minimum absolute atomic E-state index is 0.250. The van der Waals surface area contributed by atoms with Gasteiger partial charge in [-0.15, -0.1) is 0 Å². The summed E-state index contributed by atoms with van der Waals surface area (Å²) < 4.78 is 22.8. The standard InChI is InChI=1S/C29H16N7O2/c1-32-18-13-30-14-31-27(18)35-28(32)17-6-3-9-21-25(17)36(35)26-22(38-21)11-10-20-24(26)34-23-15(5-2-8-19(23)37-20)16-7-4-12-33(36)29(16)34/h2-14H,1H3/q+3. The zero-order chi connectivity index (χ0) is 24.5. The third-order valence-corrected chi connectivity index (χ3v) is 8.63. The first kappa shape index (κ1) is 18.0. The fraction of sp³-hybridized carbons (Fsp3) is 0.0345. The molecule has 1 spiro atoms. The Bertz CT molecular complexity index is 2330. The van der Waals surface area contributed by atoms with Gasteiger partial charge in [0.25, 0.3) is 5.69 Å². The fourth-order valence-corrected chi connectivity index (χ4v) is 7.37. The molecule has 9 nitrogen and oxygen atoms in total. The van der Waals surface area contributed by atoms with Gasteiger partial charge in [-0.05, 0) is 57.9 Å². The number of benzene rings is 3. The second kappa shape index (κ2) is 5.36. The lowest BCUT2D eigenvalue weighted by molar-refractivity contribution is -1.01. The van der Waals surface area contributed by atoms with Crippen molar-refractivity contribution in [3.05, 3.63) is 79.4 Å². The van der Waals surface area contributed by atoms with E-state index in [4.69, 9.17) is 14.5 Å². The highest BCUT2D eigenvalue weighted by atomic mass is 16.5. The second-order valence-corrected chi connectivity index (χ2v) is 10.2. The van der Waals surface area contributed by atoms with E-state index in [9.17, 15) is 0 Å². The van der Waals surface area contributed by atoms with Crippen LogP contribution < -0.4 is 23.5 Å². The van der Waals surface area contributed by atoms with Gasteiger partial charge in [-0.1, -0.05) is 17.1 Å². The first-order valence-electron chi connectivity index (χ1n) is 12.5. The lowest BCUT2D eigenvalue weighted by atomic mass is 10.1. The quantitative estimate of drug-likeness (QED) is 0.226. The van der Waals surface area contributed by atoms with Crippen LogP contribution in [0, 0.1) is 0 Å². The van der Waals surface area contributed by atoms with Gasteiger partial charge in [-0.2, -0.15) is 4.57 Å². The second-order valence-electron chi connectivity index (χ2n) is 10.2. The van der Waals surface area contributed by atoms with Crippen molar-refractivity contribution in [3.8, 4) is 40.1 Å². The number of hydrogen-bond donors (Lipinski definition) is 0. The molecule has 9 heteroatoms. The summed E-state index contributed by atoms with van der Waals surface area (Å²) in [5, 5.41) is 2.33. The van der Waals surface area contributed by atoms with Crippen molar-refractivity contribution < 1.29 is 18.8 Å². The van der Waals surface area contributed by atoms with E-state index in [-0.39, 0.29) is 4.70 Å². The Morgan fingerprint density at radius 2 is 1.66 bits per heavy atom. The van der Waals surface area contributed by atoms with Gasteiger partial charge in [0.1, 0.15) is 5.56 Å². The Morgan fingerprint density at radius 3 is 2.63 bits per heavy atom. The molecular formula is C29H16N7O2+3. The van der Waals surface area contributed by atoms with E-state index >= 15 is 0 Å². The van der Waals surface area contributed by atoms with E-state index in [1.165, 1.54) is 5.39 Å². The molecule has 0 fully saturated rings. The number of nitrogens with zero attached hydrogens (tertiary/aromatic N) is 7. The molecule has 4 aliphatic heterocycles. The largest absolute Gasteiger partial charge is 0.448 e. The Hall–Kier alpha value is -5.28. The number of para-hydroxylation sites is 2. The lowest BCUT2D eigenvalue weighted by Crippen LogP contribution is -2.84. The number of pyridine rings is 1. The van der Waals surface area contributed by atoms with Gasteiger partial charge in [0, 0.05) is 5.39 Å². The smallest absolute Gasteiger partial charge is 0.361 e. The predicted molar refractivity (Wildman–Crippen MR) is 138 cm³/mol. The highest BCUT2D eigenvalue weighted by Crippen LogP contribution is 2.62. The normalized spacial score (nSPS) is 18.1. The van der Waals surface area contributed by atoms with E-state index in [1.54, 1.807) is 6.33 Å². The molecule has 0 bridgehead atoms. The number of aryl methyl sites for hydroxylation is 1. The average Bonchev–Trinajstić information content (AvgIpc) is 3.57. The number of hydrogen-bond acceptors (Lipinski definition) is 4. The zero-order valence-corrected chi connectivity index (χ0v) is 20.0. The summed E-state index contributed by atoms with van der Waals surface area (Å²) in [7, 11) is 2.08. The average molecular weight is 494 g/mol. The zero-order valence-electron chi connectivity index (χ0n) is 20.0. The van der Waals surface area contributed by atoms with E-state index in [0.29, 0.717) is 0 Å². The minimum Gasteiger partial charge on any atom is -0.448 e. The molecule has 0 amide bonds. The van der Waals surface area contributed by atoms with Crippen molar-refractivity contribution in [3.63, 3.8) is 0 Å². The number of aromatic nitrogens is 6. The number of ether oxygens (including phenoxy) is 2. The molecule has 4 aliphatic rings. The van der Waals surface area contributed by atoms with Crippen molar-refractivity contribution in [2.24, 2.45) is 7.05 Å². The van der Waals surface area contributed by atoms with Crippen LogP contribution in [-0.4, -0.2) is 19.1 Å². The maximum absolute atomic E-state index is 6.68. The van der Waals surface area contributed by atoms with Crippen LogP contribution in [0.5, 0.6) is 23.0 Å². The molecular weight excluding hydrogens is 478 g/mol. The van der Waals surface area contributed by atoms with Crippen LogP contribution >= 0.6 is 0 Å². The first-order chi connectivity index (χ1) is 18.8. The lowest BCUT2D eigenvalue weighted by Gasteiger charge is -2.35. The summed E-state index contributed by atoms with van der Waals surface area (Å²) in [5.74, 6) is 4.32. The van der Waals surface area contributed by atoms with E-state index < -0.39 is 0 Å². The maximum atomic E-state index is 6.68.